The first kappa shape index (κ1) is 9.14. The van der Waals surface area contributed by atoms with E-state index in [1.54, 1.807) is 0 Å². The van der Waals surface area contributed by atoms with Gasteiger partial charge in [-0.05, 0) is 6.16 Å². The Morgan fingerprint density at radius 1 is 1.40 bits per heavy atom. The second-order valence-electron chi connectivity index (χ2n) is 0.250. The number of hydrogen-bond donors (Lipinski definition) is 0. The van der Waals surface area contributed by atoms with Crippen LogP contribution in [0.2, 0.25) is 0 Å². The number of carbonyl (C=O) groups excluding carboxylic acids is 1. The van der Waals surface area contributed by atoms with Gasteiger partial charge in [0.2, 0.25) is 0 Å². The van der Waals surface area contributed by atoms with Gasteiger partial charge in [-0.2, -0.15) is 0 Å². The zero-order valence-corrected chi connectivity index (χ0v) is 4.35. The molecule has 0 saturated heterocycles. The molecular formula is CGdO3+. The summed E-state index contributed by atoms with van der Waals surface area (Å²) in [5, 5.41) is 16.7. The van der Waals surface area contributed by atoms with Gasteiger partial charge in [0.05, 0.1) is 0 Å². The van der Waals surface area contributed by atoms with E-state index in [2.05, 4.69) is 0 Å². The molecule has 0 rings (SSSR count). The van der Waals surface area contributed by atoms with Crippen LogP contribution in [0.5, 0.6) is 0 Å². The zero-order chi connectivity index (χ0) is 3.58. The molecule has 0 aromatic carbocycles. The molecule has 0 aliphatic heterocycles. The molecular weight excluding hydrogens is 217 g/mol. The van der Waals surface area contributed by atoms with E-state index in [1.807, 2.05) is 0 Å². The molecule has 0 amide bonds. The Labute approximate surface area is 60.7 Å². The third-order valence-corrected chi connectivity index (χ3v) is 0. The second-order valence-corrected chi connectivity index (χ2v) is 0.250. The van der Waals surface area contributed by atoms with Gasteiger partial charge in [0.1, 0.15) is 0 Å². The number of carboxylic acid groups (broad SMARTS) is 2. The predicted molar refractivity (Wildman–Crippen MR) is 5.40 cm³/mol. The fraction of sp³-hybridized carbons (Fsp3) is 0. The van der Waals surface area contributed by atoms with Gasteiger partial charge in [-0.25, -0.2) is 0 Å². The van der Waals surface area contributed by atoms with Crippen molar-refractivity contribution in [1.82, 2.24) is 0 Å². The molecule has 0 bridgehead atoms. The van der Waals surface area contributed by atoms with Crippen molar-refractivity contribution in [3.63, 3.8) is 0 Å². The molecule has 0 aromatic rings. The predicted octanol–water partition coefficient (Wildman–Crippen LogP) is -2.45. The summed E-state index contributed by atoms with van der Waals surface area (Å²) in [6, 6.07) is 0. The fourth-order valence-corrected chi connectivity index (χ4v) is 0. The SMILES string of the molecule is O=C([O-])[O-].[Gd+3]. The number of carbonyl (C=O) groups is 1. The van der Waals surface area contributed by atoms with Crippen LogP contribution in [0, 0.1) is 39.9 Å². The summed E-state index contributed by atoms with van der Waals surface area (Å²) in [4.78, 5) is 8.33. The molecule has 0 N–H and O–H groups in total. The number of rotatable bonds is 0. The molecule has 4 heteroatoms. The first-order valence-corrected chi connectivity index (χ1v) is 0.612. The largest absolute Gasteiger partial charge is 3.00 e. The smallest absolute Gasteiger partial charge is 0.652 e. The van der Waals surface area contributed by atoms with Crippen molar-refractivity contribution in [2.45, 2.75) is 0 Å². The van der Waals surface area contributed by atoms with Crippen molar-refractivity contribution < 1.29 is 54.9 Å². The molecule has 0 fully saturated rings. The first-order valence-electron chi connectivity index (χ1n) is 0.612. The summed E-state index contributed by atoms with van der Waals surface area (Å²) >= 11 is 0. The van der Waals surface area contributed by atoms with Crippen LogP contribution in [0.25, 0.3) is 0 Å². The van der Waals surface area contributed by atoms with E-state index in [1.165, 1.54) is 0 Å². The van der Waals surface area contributed by atoms with Gasteiger partial charge in [-0.1, -0.05) is 0 Å². The van der Waals surface area contributed by atoms with Gasteiger partial charge in [0, 0.05) is 0 Å². The van der Waals surface area contributed by atoms with Crippen LogP contribution in [-0.4, -0.2) is 6.16 Å². The van der Waals surface area contributed by atoms with E-state index >= 15 is 0 Å². The van der Waals surface area contributed by atoms with Crippen molar-refractivity contribution in [2.24, 2.45) is 0 Å². The van der Waals surface area contributed by atoms with Crippen LogP contribution in [0.3, 0.4) is 0 Å². The normalized spacial score (nSPS) is 4.80. The molecule has 3 nitrogen and oxygen atoms in total. The Morgan fingerprint density at radius 2 is 1.40 bits per heavy atom. The molecule has 0 aliphatic rings. The third kappa shape index (κ3) is 87.5. The van der Waals surface area contributed by atoms with Gasteiger partial charge in [0.25, 0.3) is 0 Å². The molecule has 29 valence electrons. The van der Waals surface area contributed by atoms with Crippen LogP contribution in [0.4, 0.5) is 4.79 Å². The summed E-state index contributed by atoms with van der Waals surface area (Å²) in [6.07, 6.45) is -2.33. The fourth-order valence-electron chi connectivity index (χ4n) is 0. The summed E-state index contributed by atoms with van der Waals surface area (Å²) < 4.78 is 0. The quantitative estimate of drug-likeness (QED) is 0.452. The maximum absolute atomic E-state index is 8.33. The molecule has 1 radical (unpaired) electrons. The molecule has 0 aromatic heterocycles. The summed E-state index contributed by atoms with van der Waals surface area (Å²) in [7, 11) is 0. The minimum Gasteiger partial charge on any atom is -0.652 e. The van der Waals surface area contributed by atoms with Gasteiger partial charge in [-0.3, -0.25) is 0 Å². The van der Waals surface area contributed by atoms with Gasteiger partial charge < -0.3 is 15.0 Å². The Kier molecular flexibility index (Phi) is 8.40. The average Bonchev–Trinajstić information content (AvgIpc) is 0.811. The van der Waals surface area contributed by atoms with Crippen molar-refractivity contribution in [3.8, 4) is 0 Å². The average molecular weight is 217 g/mol. The van der Waals surface area contributed by atoms with E-state index in [9.17, 15) is 0 Å². The molecule has 0 aliphatic carbocycles. The Balaban J connectivity index is 0. The van der Waals surface area contributed by atoms with Crippen LogP contribution in [-0.2, 0) is 0 Å². The second kappa shape index (κ2) is 4.59. The van der Waals surface area contributed by atoms with E-state index < -0.39 is 6.16 Å². The van der Waals surface area contributed by atoms with Crippen LogP contribution in [0.15, 0.2) is 0 Å². The van der Waals surface area contributed by atoms with E-state index in [-0.39, 0.29) is 39.9 Å². The maximum atomic E-state index is 8.33. The van der Waals surface area contributed by atoms with Gasteiger partial charge in [0.15, 0.2) is 0 Å². The van der Waals surface area contributed by atoms with E-state index in [0.717, 1.165) is 0 Å². The van der Waals surface area contributed by atoms with E-state index in [0.29, 0.717) is 0 Å². The Morgan fingerprint density at radius 3 is 1.40 bits per heavy atom. The molecule has 0 atom stereocenters. The Bertz CT molecular complexity index is 29.9. The van der Waals surface area contributed by atoms with Gasteiger partial charge in [-0.15, -0.1) is 0 Å². The summed E-state index contributed by atoms with van der Waals surface area (Å²) in [5.74, 6) is 0. The first-order chi connectivity index (χ1) is 1.73. The molecule has 0 saturated carbocycles. The van der Waals surface area contributed by atoms with Crippen molar-refractivity contribution in [1.29, 1.82) is 0 Å². The van der Waals surface area contributed by atoms with Crippen molar-refractivity contribution in [3.05, 3.63) is 0 Å². The summed E-state index contributed by atoms with van der Waals surface area (Å²) in [5.41, 5.74) is 0. The Hall–Kier alpha value is 0.595. The molecule has 5 heavy (non-hydrogen) atoms. The standard InChI is InChI=1S/CH2O3.Gd/c2-1(3)4;/h(H2,2,3,4);/q;+3/p-2. The van der Waals surface area contributed by atoms with Crippen LogP contribution >= 0.6 is 0 Å². The van der Waals surface area contributed by atoms with Crippen LogP contribution < -0.4 is 10.2 Å². The minimum atomic E-state index is -2.33. The third-order valence-electron chi connectivity index (χ3n) is 0. The maximum Gasteiger partial charge on any atom is 3.00 e. The van der Waals surface area contributed by atoms with E-state index in [4.69, 9.17) is 15.0 Å². The molecule has 0 spiro atoms. The topological polar surface area (TPSA) is 63.2 Å². The monoisotopic (exact) mass is 218 g/mol. The van der Waals surface area contributed by atoms with Gasteiger partial charge >= 0.3 is 39.9 Å². The van der Waals surface area contributed by atoms with Crippen LogP contribution in [0.1, 0.15) is 0 Å². The number of hydrogen-bond acceptors (Lipinski definition) is 3. The van der Waals surface area contributed by atoms with Crippen molar-refractivity contribution >= 4 is 6.16 Å². The minimum absolute atomic E-state index is 0. The van der Waals surface area contributed by atoms with Crippen molar-refractivity contribution in [2.75, 3.05) is 0 Å². The molecule has 0 heterocycles. The molecule has 0 unspecified atom stereocenters. The summed E-state index contributed by atoms with van der Waals surface area (Å²) in [6.45, 7) is 0. The zero-order valence-electron chi connectivity index (χ0n) is 2.08.